The summed E-state index contributed by atoms with van der Waals surface area (Å²) in [6.07, 6.45) is 0. The van der Waals surface area contributed by atoms with Crippen LogP contribution >= 0.6 is 0 Å². The van der Waals surface area contributed by atoms with E-state index >= 15 is 0 Å². The van der Waals surface area contributed by atoms with Gasteiger partial charge in [0, 0.05) is 43.0 Å². The first kappa shape index (κ1) is 16.3. The van der Waals surface area contributed by atoms with Gasteiger partial charge in [-0.1, -0.05) is 0 Å². The lowest BCUT2D eigenvalue weighted by Crippen LogP contribution is -2.50. The predicted octanol–water partition coefficient (Wildman–Crippen LogP) is 1.60. The zero-order chi connectivity index (χ0) is 18.1. The van der Waals surface area contributed by atoms with Gasteiger partial charge in [-0.3, -0.25) is 9.59 Å². The number of amides is 2. The molecule has 2 aromatic rings. The van der Waals surface area contributed by atoms with Crippen LogP contribution in [-0.4, -0.2) is 54.6 Å². The van der Waals surface area contributed by atoms with Gasteiger partial charge in [0.1, 0.15) is 0 Å². The predicted molar refractivity (Wildman–Crippen MR) is 95.2 cm³/mol. The van der Waals surface area contributed by atoms with Gasteiger partial charge < -0.3 is 25.0 Å². The van der Waals surface area contributed by atoms with Gasteiger partial charge in [0.15, 0.2) is 11.5 Å². The lowest BCUT2D eigenvalue weighted by atomic mass is 10.1. The number of anilines is 1. The fourth-order valence-corrected chi connectivity index (χ4v) is 3.13. The standard InChI is InChI=1S/C19H19N3O4/c20-15-4-1-13(2-5-15)18(23)21-7-9-22(10-8-21)19(24)14-3-6-16-17(11-14)26-12-25-16/h1-6,11H,7-10,12,20H2. The van der Waals surface area contributed by atoms with E-state index in [9.17, 15) is 9.59 Å². The Labute approximate surface area is 150 Å². The summed E-state index contributed by atoms with van der Waals surface area (Å²) < 4.78 is 10.6. The number of hydrogen-bond donors (Lipinski definition) is 1. The maximum Gasteiger partial charge on any atom is 0.254 e. The maximum atomic E-state index is 12.7. The van der Waals surface area contributed by atoms with Crippen molar-refractivity contribution in [2.24, 2.45) is 0 Å². The van der Waals surface area contributed by atoms with Crippen LogP contribution in [0.4, 0.5) is 5.69 Å². The molecule has 4 rings (SSSR count). The van der Waals surface area contributed by atoms with Gasteiger partial charge in [-0.25, -0.2) is 0 Å². The molecule has 0 spiro atoms. The van der Waals surface area contributed by atoms with E-state index in [1.165, 1.54) is 0 Å². The van der Waals surface area contributed by atoms with Crippen LogP contribution in [0.3, 0.4) is 0 Å². The van der Waals surface area contributed by atoms with Crippen LogP contribution in [0, 0.1) is 0 Å². The summed E-state index contributed by atoms with van der Waals surface area (Å²) in [5.41, 5.74) is 7.45. The van der Waals surface area contributed by atoms with Gasteiger partial charge >= 0.3 is 0 Å². The number of benzene rings is 2. The average Bonchev–Trinajstić information content (AvgIpc) is 3.15. The quantitative estimate of drug-likeness (QED) is 0.829. The summed E-state index contributed by atoms with van der Waals surface area (Å²) in [6.45, 7) is 2.17. The Kier molecular flexibility index (Phi) is 4.12. The fourth-order valence-electron chi connectivity index (χ4n) is 3.13. The second kappa shape index (κ2) is 6.59. The van der Waals surface area contributed by atoms with Crippen LogP contribution in [0.5, 0.6) is 11.5 Å². The summed E-state index contributed by atoms with van der Waals surface area (Å²) in [5.74, 6) is 1.14. The van der Waals surface area contributed by atoms with E-state index in [-0.39, 0.29) is 18.6 Å². The SMILES string of the molecule is Nc1ccc(C(=O)N2CCN(C(=O)c3ccc4c(c3)OCO4)CC2)cc1. The second-order valence-electron chi connectivity index (χ2n) is 6.27. The second-order valence-corrected chi connectivity index (χ2v) is 6.27. The molecule has 0 saturated carbocycles. The number of nitrogen functional groups attached to an aromatic ring is 1. The van der Waals surface area contributed by atoms with E-state index in [1.807, 2.05) is 0 Å². The Morgan fingerprint density at radius 3 is 1.96 bits per heavy atom. The highest BCUT2D eigenvalue weighted by Gasteiger charge is 2.26. The number of nitrogens with two attached hydrogens (primary N) is 1. The highest BCUT2D eigenvalue weighted by Crippen LogP contribution is 2.32. The molecule has 1 saturated heterocycles. The molecule has 0 aromatic heterocycles. The van der Waals surface area contributed by atoms with Crippen LogP contribution < -0.4 is 15.2 Å². The van der Waals surface area contributed by atoms with E-state index < -0.39 is 0 Å². The molecule has 7 heteroatoms. The molecule has 1 fully saturated rings. The normalized spacial score (nSPS) is 15.8. The summed E-state index contributed by atoms with van der Waals surface area (Å²) in [4.78, 5) is 28.7. The fraction of sp³-hybridized carbons (Fsp3) is 0.263. The first-order valence-electron chi connectivity index (χ1n) is 8.45. The number of ether oxygens (including phenoxy) is 2. The van der Waals surface area contributed by atoms with Crippen molar-refractivity contribution in [2.75, 3.05) is 38.7 Å². The number of rotatable bonds is 2. The molecule has 26 heavy (non-hydrogen) atoms. The van der Waals surface area contributed by atoms with E-state index in [4.69, 9.17) is 15.2 Å². The minimum atomic E-state index is -0.0668. The Hall–Kier alpha value is -3.22. The zero-order valence-corrected chi connectivity index (χ0v) is 14.2. The topological polar surface area (TPSA) is 85.1 Å². The molecule has 2 N–H and O–H groups in total. The first-order chi connectivity index (χ1) is 12.6. The Morgan fingerprint density at radius 1 is 0.769 bits per heavy atom. The van der Waals surface area contributed by atoms with Crippen molar-refractivity contribution >= 4 is 17.5 Å². The van der Waals surface area contributed by atoms with Crippen molar-refractivity contribution in [3.8, 4) is 11.5 Å². The van der Waals surface area contributed by atoms with Crippen molar-refractivity contribution in [1.29, 1.82) is 0 Å². The Bertz CT molecular complexity index is 842. The average molecular weight is 353 g/mol. The van der Waals surface area contributed by atoms with Crippen molar-refractivity contribution in [1.82, 2.24) is 9.80 Å². The van der Waals surface area contributed by atoms with Crippen LogP contribution in [-0.2, 0) is 0 Å². The molecular formula is C19H19N3O4. The van der Waals surface area contributed by atoms with Gasteiger partial charge in [0.25, 0.3) is 11.8 Å². The summed E-state index contributed by atoms with van der Waals surface area (Å²) in [7, 11) is 0. The third-order valence-corrected chi connectivity index (χ3v) is 4.63. The van der Waals surface area contributed by atoms with E-state index in [1.54, 1.807) is 52.3 Å². The minimum Gasteiger partial charge on any atom is -0.454 e. The molecule has 2 aromatic carbocycles. The van der Waals surface area contributed by atoms with E-state index in [0.717, 1.165) is 0 Å². The zero-order valence-electron chi connectivity index (χ0n) is 14.2. The Morgan fingerprint density at radius 2 is 1.31 bits per heavy atom. The van der Waals surface area contributed by atoms with Gasteiger partial charge in [0.2, 0.25) is 6.79 Å². The molecule has 0 unspecified atom stereocenters. The van der Waals surface area contributed by atoms with E-state index in [0.29, 0.717) is 54.5 Å². The third-order valence-electron chi connectivity index (χ3n) is 4.63. The van der Waals surface area contributed by atoms with Crippen molar-refractivity contribution < 1.29 is 19.1 Å². The molecule has 2 aliphatic heterocycles. The molecular weight excluding hydrogens is 334 g/mol. The number of carbonyl (C=O) groups excluding carboxylic acids is 2. The molecule has 2 amide bonds. The van der Waals surface area contributed by atoms with Crippen molar-refractivity contribution in [3.05, 3.63) is 53.6 Å². The molecule has 0 radical (unpaired) electrons. The van der Waals surface area contributed by atoms with Crippen molar-refractivity contribution in [2.45, 2.75) is 0 Å². The molecule has 0 bridgehead atoms. The Balaban J connectivity index is 1.39. The summed E-state index contributed by atoms with van der Waals surface area (Å²) >= 11 is 0. The maximum absolute atomic E-state index is 12.7. The van der Waals surface area contributed by atoms with Gasteiger partial charge in [-0.15, -0.1) is 0 Å². The van der Waals surface area contributed by atoms with Gasteiger partial charge in [0.05, 0.1) is 0 Å². The molecule has 134 valence electrons. The lowest BCUT2D eigenvalue weighted by Gasteiger charge is -2.35. The highest BCUT2D eigenvalue weighted by molar-refractivity contribution is 5.96. The highest BCUT2D eigenvalue weighted by atomic mass is 16.7. The van der Waals surface area contributed by atoms with Crippen LogP contribution in [0.1, 0.15) is 20.7 Å². The molecule has 0 aliphatic carbocycles. The summed E-state index contributed by atoms with van der Waals surface area (Å²) in [6, 6.07) is 12.1. The van der Waals surface area contributed by atoms with Crippen molar-refractivity contribution in [3.63, 3.8) is 0 Å². The lowest BCUT2D eigenvalue weighted by molar-refractivity contribution is 0.0535. The monoisotopic (exact) mass is 353 g/mol. The molecule has 2 heterocycles. The minimum absolute atomic E-state index is 0.0415. The van der Waals surface area contributed by atoms with Crippen LogP contribution in [0.25, 0.3) is 0 Å². The van der Waals surface area contributed by atoms with Gasteiger partial charge in [-0.05, 0) is 42.5 Å². The van der Waals surface area contributed by atoms with Crippen LogP contribution in [0.2, 0.25) is 0 Å². The van der Waals surface area contributed by atoms with E-state index in [2.05, 4.69) is 0 Å². The number of fused-ring (bicyclic) bond motifs is 1. The molecule has 7 nitrogen and oxygen atoms in total. The number of piperazine rings is 1. The largest absolute Gasteiger partial charge is 0.454 e. The third kappa shape index (κ3) is 3.03. The number of nitrogens with zero attached hydrogens (tertiary/aromatic N) is 2. The smallest absolute Gasteiger partial charge is 0.254 e. The molecule has 0 atom stereocenters. The first-order valence-corrected chi connectivity index (χ1v) is 8.45. The number of carbonyl (C=O) groups is 2. The van der Waals surface area contributed by atoms with Crippen LogP contribution in [0.15, 0.2) is 42.5 Å². The van der Waals surface area contributed by atoms with Gasteiger partial charge in [-0.2, -0.15) is 0 Å². The summed E-state index contributed by atoms with van der Waals surface area (Å²) in [5, 5.41) is 0. The number of hydrogen-bond acceptors (Lipinski definition) is 5. The molecule has 2 aliphatic rings.